The summed E-state index contributed by atoms with van der Waals surface area (Å²) in [7, 11) is 0. The quantitative estimate of drug-likeness (QED) is 0.866. The second-order valence-electron chi connectivity index (χ2n) is 4.04. The smallest absolute Gasteiger partial charge is 0.306 e. The molecule has 0 bridgehead atoms. The Kier molecular flexibility index (Phi) is 3.44. The fraction of sp³-hybridized carbons (Fsp3) is 0.600. The molecule has 0 amide bonds. The molecule has 0 aromatic carbocycles. The molecule has 1 rings (SSSR count). The van der Waals surface area contributed by atoms with Gasteiger partial charge in [-0.2, -0.15) is 0 Å². The SMILES string of the molecule is CC(Cc1nc(C(C)(C)F)cs1)C(=O)O. The number of carboxylic acids is 1. The molecular weight excluding hydrogens is 217 g/mol. The normalized spacial score (nSPS) is 13.9. The number of carboxylic acid groups (broad SMARTS) is 1. The van der Waals surface area contributed by atoms with Crippen molar-refractivity contribution in [3.05, 3.63) is 16.1 Å². The van der Waals surface area contributed by atoms with E-state index in [2.05, 4.69) is 4.98 Å². The standard InChI is InChI=1S/C10H14FNO2S/c1-6(9(13)14)4-8-12-7(5-15-8)10(2,3)11/h5-6H,4H2,1-3H3,(H,13,14). The first-order valence-electron chi connectivity index (χ1n) is 4.67. The van der Waals surface area contributed by atoms with Crippen LogP contribution in [-0.4, -0.2) is 16.1 Å². The van der Waals surface area contributed by atoms with E-state index in [1.165, 1.54) is 25.2 Å². The van der Waals surface area contributed by atoms with Crippen molar-refractivity contribution in [2.75, 3.05) is 0 Å². The molecule has 0 aliphatic carbocycles. The Morgan fingerprint density at radius 2 is 2.33 bits per heavy atom. The van der Waals surface area contributed by atoms with Gasteiger partial charge in [0, 0.05) is 11.8 Å². The van der Waals surface area contributed by atoms with Crippen LogP contribution in [0.2, 0.25) is 0 Å². The summed E-state index contributed by atoms with van der Waals surface area (Å²) in [4.78, 5) is 14.7. The monoisotopic (exact) mass is 231 g/mol. The summed E-state index contributed by atoms with van der Waals surface area (Å²) in [6.07, 6.45) is 0.357. The zero-order valence-electron chi connectivity index (χ0n) is 8.95. The Morgan fingerprint density at radius 1 is 1.73 bits per heavy atom. The maximum absolute atomic E-state index is 13.5. The molecule has 0 radical (unpaired) electrons. The zero-order chi connectivity index (χ0) is 11.6. The number of alkyl halides is 1. The van der Waals surface area contributed by atoms with Gasteiger partial charge in [0.2, 0.25) is 0 Å². The summed E-state index contributed by atoms with van der Waals surface area (Å²) in [5.74, 6) is -1.34. The molecule has 0 saturated carbocycles. The molecular formula is C10H14FNO2S. The molecule has 1 heterocycles. The third-order valence-electron chi connectivity index (χ3n) is 2.06. The minimum atomic E-state index is -1.46. The fourth-order valence-electron chi connectivity index (χ4n) is 1.03. The van der Waals surface area contributed by atoms with Crippen LogP contribution >= 0.6 is 11.3 Å². The average molecular weight is 231 g/mol. The summed E-state index contributed by atoms with van der Waals surface area (Å²) >= 11 is 1.31. The topological polar surface area (TPSA) is 50.2 Å². The van der Waals surface area contributed by atoms with E-state index in [0.717, 1.165) is 0 Å². The van der Waals surface area contributed by atoms with E-state index >= 15 is 0 Å². The van der Waals surface area contributed by atoms with Crippen molar-refractivity contribution in [1.29, 1.82) is 0 Å². The fourth-order valence-corrected chi connectivity index (χ4v) is 2.10. The van der Waals surface area contributed by atoms with Gasteiger partial charge in [0.1, 0.15) is 5.67 Å². The molecule has 0 spiro atoms. The van der Waals surface area contributed by atoms with Crippen molar-refractivity contribution in [2.24, 2.45) is 5.92 Å². The van der Waals surface area contributed by atoms with Crippen molar-refractivity contribution >= 4 is 17.3 Å². The van der Waals surface area contributed by atoms with Gasteiger partial charge in [-0.3, -0.25) is 4.79 Å². The summed E-state index contributed by atoms with van der Waals surface area (Å²) < 4.78 is 13.5. The van der Waals surface area contributed by atoms with Crippen LogP contribution in [0.3, 0.4) is 0 Å². The second kappa shape index (κ2) is 4.26. The molecule has 84 valence electrons. The van der Waals surface area contributed by atoms with E-state index in [1.54, 1.807) is 12.3 Å². The molecule has 0 aliphatic rings. The van der Waals surface area contributed by atoms with Gasteiger partial charge in [0.15, 0.2) is 0 Å². The number of thiazole rings is 1. The lowest BCUT2D eigenvalue weighted by atomic mass is 10.1. The minimum absolute atomic E-state index is 0.357. The zero-order valence-corrected chi connectivity index (χ0v) is 9.77. The van der Waals surface area contributed by atoms with Gasteiger partial charge in [0.25, 0.3) is 0 Å². The largest absolute Gasteiger partial charge is 0.481 e. The van der Waals surface area contributed by atoms with Crippen LogP contribution in [0, 0.1) is 5.92 Å². The van der Waals surface area contributed by atoms with Crippen LogP contribution in [-0.2, 0) is 16.9 Å². The maximum atomic E-state index is 13.5. The number of nitrogens with zero attached hydrogens (tertiary/aromatic N) is 1. The van der Waals surface area contributed by atoms with E-state index in [1.807, 2.05) is 0 Å². The van der Waals surface area contributed by atoms with Gasteiger partial charge in [-0.25, -0.2) is 9.37 Å². The van der Waals surface area contributed by atoms with Crippen LogP contribution in [0.4, 0.5) is 4.39 Å². The lowest BCUT2D eigenvalue weighted by molar-refractivity contribution is -0.141. The van der Waals surface area contributed by atoms with Gasteiger partial charge in [-0.15, -0.1) is 11.3 Å². The Bertz CT molecular complexity index is 357. The molecule has 15 heavy (non-hydrogen) atoms. The highest BCUT2D eigenvalue weighted by Crippen LogP contribution is 2.26. The van der Waals surface area contributed by atoms with Crippen molar-refractivity contribution in [1.82, 2.24) is 4.98 Å². The molecule has 5 heteroatoms. The van der Waals surface area contributed by atoms with Crippen LogP contribution < -0.4 is 0 Å². The summed E-state index contributed by atoms with van der Waals surface area (Å²) in [6.45, 7) is 4.49. The molecule has 0 aliphatic heterocycles. The van der Waals surface area contributed by atoms with E-state index in [4.69, 9.17) is 5.11 Å². The van der Waals surface area contributed by atoms with Crippen LogP contribution in [0.25, 0.3) is 0 Å². The third-order valence-corrected chi connectivity index (χ3v) is 2.93. The predicted octanol–water partition coefficient (Wildman–Crippen LogP) is 2.61. The number of aromatic nitrogens is 1. The van der Waals surface area contributed by atoms with Crippen LogP contribution in [0.5, 0.6) is 0 Å². The summed E-state index contributed by atoms with van der Waals surface area (Å²) in [5, 5.41) is 11.0. The number of halogens is 1. The predicted molar refractivity (Wildman–Crippen MR) is 56.8 cm³/mol. The van der Waals surface area contributed by atoms with Gasteiger partial charge in [-0.1, -0.05) is 6.92 Å². The first kappa shape index (κ1) is 12.1. The minimum Gasteiger partial charge on any atom is -0.481 e. The van der Waals surface area contributed by atoms with Crippen molar-refractivity contribution in [2.45, 2.75) is 32.9 Å². The lowest BCUT2D eigenvalue weighted by Crippen LogP contribution is -2.13. The van der Waals surface area contributed by atoms with Crippen LogP contribution in [0.1, 0.15) is 31.5 Å². The van der Waals surface area contributed by atoms with E-state index in [0.29, 0.717) is 17.1 Å². The van der Waals surface area contributed by atoms with Crippen molar-refractivity contribution in [3.8, 4) is 0 Å². The molecule has 3 nitrogen and oxygen atoms in total. The van der Waals surface area contributed by atoms with Gasteiger partial charge >= 0.3 is 5.97 Å². The highest BCUT2D eigenvalue weighted by atomic mass is 32.1. The van der Waals surface area contributed by atoms with Crippen LogP contribution in [0.15, 0.2) is 5.38 Å². The first-order valence-corrected chi connectivity index (χ1v) is 5.55. The number of hydrogen-bond acceptors (Lipinski definition) is 3. The van der Waals surface area contributed by atoms with E-state index in [-0.39, 0.29) is 0 Å². The van der Waals surface area contributed by atoms with E-state index < -0.39 is 17.6 Å². The number of hydrogen-bond donors (Lipinski definition) is 1. The summed E-state index contributed by atoms with van der Waals surface area (Å²) in [5.41, 5.74) is -1.08. The number of aliphatic carboxylic acids is 1. The molecule has 1 aromatic rings. The highest BCUT2D eigenvalue weighted by molar-refractivity contribution is 7.09. The van der Waals surface area contributed by atoms with E-state index in [9.17, 15) is 9.18 Å². The third kappa shape index (κ3) is 3.27. The Labute approximate surface area is 92.0 Å². The average Bonchev–Trinajstić information content (AvgIpc) is 2.51. The van der Waals surface area contributed by atoms with Gasteiger partial charge in [0.05, 0.1) is 16.6 Å². The molecule has 1 atom stereocenters. The number of rotatable bonds is 4. The Morgan fingerprint density at radius 3 is 2.73 bits per heavy atom. The molecule has 1 unspecified atom stereocenters. The molecule has 1 N–H and O–H groups in total. The van der Waals surface area contributed by atoms with Gasteiger partial charge in [-0.05, 0) is 13.8 Å². The summed E-state index contributed by atoms with van der Waals surface area (Å²) in [6, 6.07) is 0. The second-order valence-corrected chi connectivity index (χ2v) is 4.99. The van der Waals surface area contributed by atoms with Gasteiger partial charge < -0.3 is 5.11 Å². The maximum Gasteiger partial charge on any atom is 0.306 e. The molecule has 0 fully saturated rings. The molecule has 1 aromatic heterocycles. The number of carbonyl (C=O) groups is 1. The first-order chi connectivity index (χ1) is 6.80. The van der Waals surface area contributed by atoms with Crippen molar-refractivity contribution in [3.63, 3.8) is 0 Å². The highest BCUT2D eigenvalue weighted by Gasteiger charge is 2.23. The Hall–Kier alpha value is -0.970. The molecule has 0 saturated heterocycles. The van der Waals surface area contributed by atoms with Crippen molar-refractivity contribution < 1.29 is 14.3 Å². The Balaban J connectivity index is 2.73. The lowest BCUT2D eigenvalue weighted by Gasteiger charge is -2.09.